The maximum Gasteiger partial charge on any atom is 0.174 e. The molecule has 0 atom stereocenters. The van der Waals surface area contributed by atoms with E-state index in [0.717, 1.165) is 23.9 Å². The smallest absolute Gasteiger partial charge is 0.174 e. The van der Waals surface area contributed by atoms with Crippen molar-refractivity contribution in [2.45, 2.75) is 11.3 Å². The summed E-state index contributed by atoms with van der Waals surface area (Å²) in [5.74, 6) is 0. The monoisotopic (exact) mass is 275 g/mol. The number of aromatic nitrogens is 3. The van der Waals surface area contributed by atoms with Crippen LogP contribution in [0.5, 0.6) is 0 Å². The van der Waals surface area contributed by atoms with Crippen molar-refractivity contribution in [3.63, 3.8) is 0 Å². The van der Waals surface area contributed by atoms with Gasteiger partial charge in [0.25, 0.3) is 0 Å². The predicted molar refractivity (Wildman–Crippen MR) is 69.5 cm³/mol. The third-order valence-electron chi connectivity index (χ3n) is 2.07. The van der Waals surface area contributed by atoms with Crippen LogP contribution in [0.4, 0.5) is 0 Å². The maximum atomic E-state index is 5.23. The Balaban J connectivity index is 2.54. The number of thioether (sulfide) groups is 1. The molecule has 0 fully saturated rings. The molecule has 80 valence electrons. The highest BCUT2D eigenvalue weighted by Crippen LogP contribution is 2.34. The fourth-order valence-corrected chi connectivity index (χ4v) is 3.86. The van der Waals surface area contributed by atoms with E-state index >= 15 is 0 Å². The predicted octanol–water partition coefficient (Wildman–Crippen LogP) is 3.36. The Bertz CT molecular complexity index is 536. The van der Waals surface area contributed by atoms with Crippen molar-refractivity contribution in [2.75, 3.05) is 6.26 Å². The SMILES string of the molecule is CSc1nnc(-c2sc(=S)n(C)c2C)s1. The Morgan fingerprint density at radius 1 is 1.33 bits per heavy atom. The second kappa shape index (κ2) is 4.32. The summed E-state index contributed by atoms with van der Waals surface area (Å²) in [7, 11) is 1.98. The minimum Gasteiger partial charge on any atom is -0.330 e. The fourth-order valence-electron chi connectivity index (χ4n) is 1.10. The summed E-state index contributed by atoms with van der Waals surface area (Å²) in [6.45, 7) is 2.06. The van der Waals surface area contributed by atoms with Gasteiger partial charge in [-0.3, -0.25) is 0 Å². The molecule has 3 nitrogen and oxygen atoms in total. The zero-order valence-corrected chi connectivity index (χ0v) is 11.7. The van der Waals surface area contributed by atoms with Gasteiger partial charge in [0.1, 0.15) is 0 Å². The van der Waals surface area contributed by atoms with Gasteiger partial charge < -0.3 is 4.57 Å². The van der Waals surface area contributed by atoms with Gasteiger partial charge in [-0.1, -0.05) is 23.1 Å². The Hall–Kier alpha value is -0.240. The van der Waals surface area contributed by atoms with E-state index in [1.165, 1.54) is 0 Å². The van der Waals surface area contributed by atoms with Crippen molar-refractivity contribution >= 4 is 46.7 Å². The quantitative estimate of drug-likeness (QED) is 0.621. The number of nitrogens with zero attached hydrogens (tertiary/aromatic N) is 3. The van der Waals surface area contributed by atoms with Crippen LogP contribution in [0.25, 0.3) is 9.88 Å². The van der Waals surface area contributed by atoms with Crippen LogP contribution in [-0.2, 0) is 7.05 Å². The standard InChI is InChI=1S/C8H9N3S4/c1-4-5(14-8(12)11(4)2)6-9-10-7(13-3)15-6/h1-3H3. The van der Waals surface area contributed by atoms with E-state index in [0.29, 0.717) is 0 Å². The van der Waals surface area contributed by atoms with Crippen LogP contribution in [0.3, 0.4) is 0 Å². The van der Waals surface area contributed by atoms with E-state index in [-0.39, 0.29) is 0 Å². The molecule has 0 saturated carbocycles. The van der Waals surface area contributed by atoms with Gasteiger partial charge in [0, 0.05) is 12.7 Å². The van der Waals surface area contributed by atoms with Crippen molar-refractivity contribution in [3.05, 3.63) is 9.65 Å². The topological polar surface area (TPSA) is 30.7 Å². The van der Waals surface area contributed by atoms with Crippen LogP contribution in [0.1, 0.15) is 5.69 Å². The summed E-state index contributed by atoms with van der Waals surface area (Å²) < 4.78 is 3.88. The molecular formula is C8H9N3S4. The van der Waals surface area contributed by atoms with Crippen molar-refractivity contribution in [1.82, 2.24) is 14.8 Å². The minimum atomic E-state index is 0.878. The summed E-state index contributed by atoms with van der Waals surface area (Å²) in [6.07, 6.45) is 2.00. The molecule has 15 heavy (non-hydrogen) atoms. The van der Waals surface area contributed by atoms with Gasteiger partial charge in [-0.25, -0.2) is 0 Å². The Morgan fingerprint density at radius 2 is 2.07 bits per heavy atom. The average Bonchev–Trinajstić information content (AvgIpc) is 2.79. The van der Waals surface area contributed by atoms with Crippen LogP contribution < -0.4 is 0 Å². The summed E-state index contributed by atoms with van der Waals surface area (Å²) >= 11 is 10.1. The summed E-state index contributed by atoms with van der Waals surface area (Å²) in [5, 5.41) is 9.22. The van der Waals surface area contributed by atoms with Crippen molar-refractivity contribution in [3.8, 4) is 9.88 Å². The highest BCUT2D eigenvalue weighted by Gasteiger charge is 2.13. The van der Waals surface area contributed by atoms with Crippen molar-refractivity contribution in [1.29, 1.82) is 0 Å². The van der Waals surface area contributed by atoms with Crippen molar-refractivity contribution in [2.24, 2.45) is 7.05 Å². The van der Waals surface area contributed by atoms with Gasteiger partial charge in [-0.15, -0.1) is 21.5 Å². The second-order valence-corrected chi connectivity index (χ2v) is 6.59. The molecular weight excluding hydrogens is 266 g/mol. The van der Waals surface area contributed by atoms with Gasteiger partial charge in [-0.05, 0) is 25.4 Å². The summed E-state index contributed by atoms with van der Waals surface area (Å²) in [5.41, 5.74) is 1.16. The molecule has 2 aromatic rings. The zero-order chi connectivity index (χ0) is 11.0. The number of rotatable bonds is 2. The van der Waals surface area contributed by atoms with Crippen LogP contribution in [0, 0.1) is 10.9 Å². The molecule has 0 N–H and O–H groups in total. The lowest BCUT2D eigenvalue weighted by Crippen LogP contribution is -1.90. The maximum absolute atomic E-state index is 5.23. The third-order valence-corrected chi connectivity index (χ3v) is 5.78. The first-order valence-electron chi connectivity index (χ1n) is 4.17. The van der Waals surface area contributed by atoms with Gasteiger partial charge in [0.05, 0.1) is 4.88 Å². The van der Waals surface area contributed by atoms with E-state index in [9.17, 15) is 0 Å². The Morgan fingerprint density at radius 3 is 2.53 bits per heavy atom. The molecule has 2 aromatic heterocycles. The first-order valence-corrected chi connectivity index (χ1v) is 7.44. The molecule has 0 amide bonds. The molecule has 0 unspecified atom stereocenters. The lowest BCUT2D eigenvalue weighted by molar-refractivity contribution is 0.874. The number of hydrogen-bond acceptors (Lipinski definition) is 6. The summed E-state index contributed by atoms with van der Waals surface area (Å²) in [6, 6.07) is 0. The first kappa shape index (κ1) is 11.3. The van der Waals surface area contributed by atoms with E-state index < -0.39 is 0 Å². The molecule has 0 spiro atoms. The Kier molecular flexibility index (Phi) is 3.24. The molecule has 7 heteroatoms. The van der Waals surface area contributed by atoms with Crippen LogP contribution in [0.15, 0.2) is 4.34 Å². The van der Waals surface area contributed by atoms with E-state index in [1.807, 2.05) is 17.9 Å². The van der Waals surface area contributed by atoms with Gasteiger partial charge in [0.15, 0.2) is 13.3 Å². The summed E-state index contributed by atoms with van der Waals surface area (Å²) in [4.78, 5) is 1.14. The second-order valence-electron chi connectivity index (χ2n) is 2.92. The third kappa shape index (κ3) is 2.01. The van der Waals surface area contributed by atoms with Crippen LogP contribution >= 0.6 is 46.7 Å². The van der Waals surface area contributed by atoms with Gasteiger partial charge >= 0.3 is 0 Å². The molecule has 2 rings (SSSR count). The molecule has 0 radical (unpaired) electrons. The lowest BCUT2D eigenvalue weighted by Gasteiger charge is -1.95. The molecule has 0 aliphatic rings. The molecule has 0 bridgehead atoms. The van der Waals surface area contributed by atoms with Gasteiger partial charge in [-0.2, -0.15) is 0 Å². The highest BCUT2D eigenvalue weighted by molar-refractivity contribution is 8.00. The average molecular weight is 275 g/mol. The van der Waals surface area contributed by atoms with Crippen LogP contribution in [0.2, 0.25) is 0 Å². The van der Waals surface area contributed by atoms with E-state index in [2.05, 4.69) is 17.1 Å². The fraction of sp³-hybridized carbons (Fsp3) is 0.375. The zero-order valence-electron chi connectivity index (χ0n) is 8.47. The largest absolute Gasteiger partial charge is 0.330 e. The minimum absolute atomic E-state index is 0.878. The Labute approximate surface area is 105 Å². The number of thiazole rings is 1. The molecule has 0 saturated heterocycles. The molecule has 0 aliphatic heterocycles. The van der Waals surface area contributed by atoms with Crippen molar-refractivity contribution < 1.29 is 0 Å². The normalized spacial score (nSPS) is 10.9. The van der Waals surface area contributed by atoms with E-state index in [4.69, 9.17) is 12.2 Å². The molecule has 0 aromatic carbocycles. The van der Waals surface area contributed by atoms with Crippen LogP contribution in [-0.4, -0.2) is 21.0 Å². The highest BCUT2D eigenvalue weighted by atomic mass is 32.2. The number of hydrogen-bond donors (Lipinski definition) is 0. The molecule has 2 heterocycles. The van der Waals surface area contributed by atoms with Gasteiger partial charge in [0.2, 0.25) is 0 Å². The lowest BCUT2D eigenvalue weighted by atomic mass is 10.4. The molecule has 0 aliphatic carbocycles. The first-order chi connectivity index (χ1) is 7.13. The van der Waals surface area contributed by atoms with E-state index in [1.54, 1.807) is 34.4 Å².